The standard InChI is InChI=1S/C25H21Cl2N7O2S3/c1-25(2)8-15-19(16(35)9-25)18(12-4-3-5-14(26)20(12)27)13(10-28)21(29)34(15)23-32-33-24(39-23)38-11-17(36)31-22-30-6-7-37-22/h3-7,18H,8-9,11,29H2,1-2H3,(H,30,31,36). The Bertz CT molecular complexity index is 1570. The van der Waals surface area contributed by atoms with Crippen molar-refractivity contribution in [3.05, 3.63) is 68.0 Å². The first-order valence-electron chi connectivity index (χ1n) is 11.7. The molecule has 200 valence electrons. The molecule has 0 radical (unpaired) electrons. The van der Waals surface area contributed by atoms with Gasteiger partial charge < -0.3 is 11.1 Å². The van der Waals surface area contributed by atoms with Crippen molar-refractivity contribution in [2.75, 3.05) is 16.0 Å². The summed E-state index contributed by atoms with van der Waals surface area (Å²) >= 11 is 16.7. The topological polar surface area (TPSA) is 138 Å². The SMILES string of the molecule is CC1(C)CC(=O)C2=C(C1)N(c1nnc(SCC(=O)Nc3nccs3)s1)C(N)=C(C#N)C2c1cccc(Cl)c1Cl. The number of rotatable bonds is 6. The smallest absolute Gasteiger partial charge is 0.236 e. The van der Waals surface area contributed by atoms with E-state index < -0.39 is 5.92 Å². The summed E-state index contributed by atoms with van der Waals surface area (Å²) in [5, 5.41) is 24.8. The number of hydrogen-bond donors (Lipinski definition) is 2. The Morgan fingerprint density at radius 1 is 1.33 bits per heavy atom. The number of halogens is 2. The van der Waals surface area contributed by atoms with Gasteiger partial charge in [0.05, 0.1) is 33.4 Å². The Kier molecular flexibility index (Phi) is 7.72. The van der Waals surface area contributed by atoms with Gasteiger partial charge in [-0.3, -0.25) is 14.5 Å². The number of aromatic nitrogens is 3. The number of Topliss-reactive ketones (excluding diaryl/α,β-unsaturated/α-hetero) is 1. The van der Waals surface area contributed by atoms with Gasteiger partial charge in [0.1, 0.15) is 5.82 Å². The van der Waals surface area contributed by atoms with Crippen LogP contribution in [-0.2, 0) is 9.59 Å². The van der Waals surface area contributed by atoms with Gasteiger partial charge in [0.2, 0.25) is 11.0 Å². The molecule has 3 N–H and O–H groups in total. The number of thiazole rings is 1. The molecule has 14 heteroatoms. The van der Waals surface area contributed by atoms with Crippen LogP contribution in [0, 0.1) is 16.7 Å². The molecule has 2 aliphatic rings. The normalized spacial score (nSPS) is 18.7. The number of anilines is 2. The third kappa shape index (κ3) is 5.42. The highest BCUT2D eigenvalue weighted by Crippen LogP contribution is 2.52. The number of nitrogens with zero attached hydrogens (tertiary/aromatic N) is 5. The van der Waals surface area contributed by atoms with Crippen molar-refractivity contribution < 1.29 is 9.59 Å². The van der Waals surface area contributed by atoms with E-state index in [1.54, 1.807) is 34.7 Å². The summed E-state index contributed by atoms with van der Waals surface area (Å²) in [4.78, 5) is 31.7. The zero-order valence-electron chi connectivity index (χ0n) is 20.7. The Hall–Kier alpha value is -2.95. The first-order valence-corrected chi connectivity index (χ1v) is 15.1. The summed E-state index contributed by atoms with van der Waals surface area (Å²) in [6, 6.07) is 7.35. The van der Waals surface area contributed by atoms with Crippen LogP contribution < -0.4 is 16.0 Å². The lowest BCUT2D eigenvalue weighted by Gasteiger charge is -2.42. The molecule has 0 saturated carbocycles. The van der Waals surface area contributed by atoms with Crippen LogP contribution >= 0.6 is 57.6 Å². The highest BCUT2D eigenvalue weighted by molar-refractivity contribution is 8.01. The first kappa shape index (κ1) is 27.6. The second-order valence-electron chi connectivity index (χ2n) is 9.65. The molecule has 9 nitrogen and oxygen atoms in total. The highest BCUT2D eigenvalue weighted by atomic mass is 35.5. The quantitative estimate of drug-likeness (QED) is 0.320. The van der Waals surface area contributed by atoms with E-state index in [-0.39, 0.29) is 39.3 Å². The molecule has 1 atom stereocenters. The van der Waals surface area contributed by atoms with Crippen molar-refractivity contribution in [1.29, 1.82) is 5.26 Å². The number of hydrogen-bond acceptors (Lipinski definition) is 11. The molecule has 1 amide bonds. The molecular formula is C25H21Cl2N7O2S3. The summed E-state index contributed by atoms with van der Waals surface area (Å²) < 4.78 is 0.536. The average Bonchev–Trinajstić information content (AvgIpc) is 3.55. The van der Waals surface area contributed by atoms with Gasteiger partial charge >= 0.3 is 0 Å². The zero-order valence-corrected chi connectivity index (χ0v) is 24.7. The molecule has 0 bridgehead atoms. The van der Waals surface area contributed by atoms with E-state index in [9.17, 15) is 14.9 Å². The van der Waals surface area contributed by atoms with Gasteiger partial charge in [-0.2, -0.15) is 5.26 Å². The summed E-state index contributed by atoms with van der Waals surface area (Å²) in [5.74, 6) is -0.811. The number of nitrogens with one attached hydrogen (secondary N) is 1. The summed E-state index contributed by atoms with van der Waals surface area (Å²) in [6.45, 7) is 4.02. The lowest BCUT2D eigenvalue weighted by molar-refractivity contribution is -0.118. The minimum Gasteiger partial charge on any atom is -0.384 e. The van der Waals surface area contributed by atoms with Gasteiger partial charge in [-0.05, 0) is 23.5 Å². The number of carbonyl (C=O) groups excluding carboxylic acids is 2. The third-order valence-electron chi connectivity index (χ3n) is 6.27. The van der Waals surface area contributed by atoms with Crippen LogP contribution in [0.1, 0.15) is 38.2 Å². The fourth-order valence-electron chi connectivity index (χ4n) is 4.70. The molecule has 39 heavy (non-hydrogen) atoms. The predicted molar refractivity (Wildman–Crippen MR) is 155 cm³/mol. The lowest BCUT2D eigenvalue weighted by atomic mass is 9.68. The van der Waals surface area contributed by atoms with Crippen molar-refractivity contribution in [2.45, 2.75) is 36.9 Å². The first-order chi connectivity index (χ1) is 18.6. The van der Waals surface area contributed by atoms with Crippen LogP contribution in [0.2, 0.25) is 10.0 Å². The Balaban J connectivity index is 1.53. The number of carbonyl (C=O) groups is 2. The van der Waals surface area contributed by atoms with E-state index >= 15 is 0 Å². The largest absolute Gasteiger partial charge is 0.384 e. The van der Waals surface area contributed by atoms with E-state index in [2.05, 4.69) is 26.6 Å². The van der Waals surface area contributed by atoms with E-state index in [1.807, 2.05) is 13.8 Å². The predicted octanol–water partition coefficient (Wildman–Crippen LogP) is 5.97. The monoisotopic (exact) mass is 617 g/mol. The van der Waals surface area contributed by atoms with Gasteiger partial charge in [-0.15, -0.1) is 21.5 Å². The van der Waals surface area contributed by atoms with Crippen molar-refractivity contribution in [1.82, 2.24) is 15.2 Å². The van der Waals surface area contributed by atoms with Gasteiger partial charge in [0.15, 0.2) is 15.3 Å². The average molecular weight is 619 g/mol. The van der Waals surface area contributed by atoms with Gasteiger partial charge in [-0.25, -0.2) is 4.98 Å². The molecule has 1 aliphatic carbocycles. The molecule has 3 aromatic rings. The third-order valence-corrected chi connectivity index (χ3v) is 9.83. The number of amides is 1. The van der Waals surface area contributed by atoms with Crippen LogP contribution in [-0.4, -0.2) is 32.6 Å². The van der Waals surface area contributed by atoms with Crippen LogP contribution in [0.4, 0.5) is 10.3 Å². The molecule has 0 spiro atoms. The van der Waals surface area contributed by atoms with E-state index in [4.69, 9.17) is 28.9 Å². The van der Waals surface area contributed by atoms with E-state index in [0.717, 1.165) is 0 Å². The molecule has 3 heterocycles. The number of nitrogens with two attached hydrogens (primary N) is 1. The van der Waals surface area contributed by atoms with Gasteiger partial charge in [0.25, 0.3) is 0 Å². The molecule has 1 aromatic carbocycles. The number of benzene rings is 1. The summed E-state index contributed by atoms with van der Waals surface area (Å²) in [5.41, 5.74) is 8.14. The number of nitriles is 1. The molecule has 1 aliphatic heterocycles. The molecular weight excluding hydrogens is 597 g/mol. The van der Waals surface area contributed by atoms with Crippen LogP contribution in [0.25, 0.3) is 0 Å². The summed E-state index contributed by atoms with van der Waals surface area (Å²) in [6.07, 6.45) is 2.43. The molecule has 1 unspecified atom stereocenters. The maximum Gasteiger partial charge on any atom is 0.236 e. The zero-order chi connectivity index (χ0) is 27.9. The van der Waals surface area contributed by atoms with Crippen LogP contribution in [0.3, 0.4) is 0 Å². The molecule has 0 fully saturated rings. The van der Waals surface area contributed by atoms with Crippen LogP contribution in [0.15, 0.2) is 56.8 Å². The van der Waals surface area contributed by atoms with Gasteiger partial charge in [-0.1, -0.05) is 72.3 Å². The Labute approximate surface area is 246 Å². The second kappa shape index (κ2) is 10.9. The van der Waals surface area contributed by atoms with Crippen molar-refractivity contribution in [2.24, 2.45) is 11.1 Å². The maximum atomic E-state index is 13.7. The minimum absolute atomic E-state index is 0.0921. The van der Waals surface area contributed by atoms with Gasteiger partial charge in [0, 0.05) is 29.3 Å². The van der Waals surface area contributed by atoms with E-state index in [1.165, 1.54) is 34.4 Å². The van der Waals surface area contributed by atoms with Crippen LogP contribution in [0.5, 0.6) is 0 Å². The molecule has 0 saturated heterocycles. The van der Waals surface area contributed by atoms with Crippen molar-refractivity contribution in [3.63, 3.8) is 0 Å². The lowest BCUT2D eigenvalue weighted by Crippen LogP contribution is -2.42. The second-order valence-corrected chi connectivity index (χ2v) is 13.5. The minimum atomic E-state index is -0.757. The molecule has 2 aromatic heterocycles. The fraction of sp³-hybridized carbons (Fsp3) is 0.280. The van der Waals surface area contributed by atoms with Crippen molar-refractivity contribution >= 4 is 79.6 Å². The number of ketones is 1. The Morgan fingerprint density at radius 3 is 2.85 bits per heavy atom. The Morgan fingerprint density at radius 2 is 2.13 bits per heavy atom. The number of allylic oxidation sites excluding steroid dienone is 3. The number of thioether (sulfide) groups is 1. The highest BCUT2D eigenvalue weighted by Gasteiger charge is 2.46. The summed E-state index contributed by atoms with van der Waals surface area (Å²) in [7, 11) is 0. The fourth-order valence-corrected chi connectivity index (χ4v) is 7.34. The van der Waals surface area contributed by atoms with Crippen molar-refractivity contribution in [3.8, 4) is 6.07 Å². The molecule has 5 rings (SSSR count). The maximum absolute atomic E-state index is 13.7. The van der Waals surface area contributed by atoms with E-state index in [0.29, 0.717) is 49.3 Å².